The van der Waals surface area contributed by atoms with E-state index in [9.17, 15) is 24.0 Å². The first kappa shape index (κ1) is 36.4. The van der Waals surface area contributed by atoms with Crippen LogP contribution in [0.2, 0.25) is 0 Å². The monoisotopic (exact) mass is 705 g/mol. The summed E-state index contributed by atoms with van der Waals surface area (Å²) in [6, 6.07) is 18.6. The van der Waals surface area contributed by atoms with Crippen LogP contribution in [0.5, 0.6) is 0 Å². The van der Waals surface area contributed by atoms with Gasteiger partial charge in [-0.2, -0.15) is 5.26 Å². The Morgan fingerprint density at radius 2 is 1.46 bits per heavy atom. The lowest BCUT2D eigenvalue weighted by Gasteiger charge is -2.36. The van der Waals surface area contributed by atoms with Crippen LogP contribution in [0.15, 0.2) is 65.1 Å². The van der Waals surface area contributed by atoms with Crippen molar-refractivity contribution < 1.29 is 23.2 Å². The van der Waals surface area contributed by atoms with Crippen molar-refractivity contribution in [1.29, 1.82) is 5.26 Å². The average Bonchev–Trinajstić information content (AvgIpc) is 3.87. The molecule has 52 heavy (non-hydrogen) atoms. The van der Waals surface area contributed by atoms with Crippen LogP contribution in [0.4, 0.5) is 4.39 Å². The minimum atomic E-state index is -1.10. The van der Waals surface area contributed by atoms with Gasteiger partial charge in [-0.3, -0.25) is 14.4 Å². The van der Waals surface area contributed by atoms with Crippen LogP contribution in [-0.4, -0.2) is 95.5 Å². The number of rotatable bonds is 11. The van der Waals surface area contributed by atoms with Gasteiger partial charge in [0, 0.05) is 57.0 Å². The molecule has 0 saturated heterocycles. The Bertz CT molecular complexity index is 1960. The van der Waals surface area contributed by atoms with Crippen molar-refractivity contribution in [2.45, 2.75) is 69.5 Å². The molecule has 2 atom stereocenters. The van der Waals surface area contributed by atoms with Crippen molar-refractivity contribution in [1.82, 2.24) is 30.2 Å². The molecule has 6 rings (SSSR count). The quantitative estimate of drug-likeness (QED) is 0.231. The van der Waals surface area contributed by atoms with E-state index in [0.717, 1.165) is 35.1 Å². The number of amides is 3. The highest BCUT2D eigenvalue weighted by atomic mass is 19.1. The highest BCUT2D eigenvalue weighted by Crippen LogP contribution is 2.48. The molecule has 0 bridgehead atoms. The fourth-order valence-corrected chi connectivity index (χ4v) is 7.31. The lowest BCUT2D eigenvalue weighted by atomic mass is 9.68. The lowest BCUT2D eigenvalue weighted by molar-refractivity contribution is -0.132. The van der Waals surface area contributed by atoms with Gasteiger partial charge in [0.05, 0.1) is 12.6 Å². The van der Waals surface area contributed by atoms with Crippen molar-refractivity contribution in [2.75, 3.05) is 34.7 Å². The van der Waals surface area contributed by atoms with Crippen molar-refractivity contribution in [2.24, 2.45) is 0 Å². The molecule has 4 aromatic rings. The third-order valence-corrected chi connectivity index (χ3v) is 10.0. The van der Waals surface area contributed by atoms with E-state index < -0.39 is 17.3 Å². The zero-order valence-electron chi connectivity index (χ0n) is 30.4. The van der Waals surface area contributed by atoms with Gasteiger partial charge in [0.1, 0.15) is 17.3 Å². The number of carbonyl (C=O) groups is 3. The van der Waals surface area contributed by atoms with Crippen LogP contribution in [0.1, 0.15) is 82.0 Å². The van der Waals surface area contributed by atoms with Crippen LogP contribution in [0.25, 0.3) is 11.5 Å². The molecular formula is C40H44FN7O4. The molecule has 1 heterocycles. The second kappa shape index (κ2) is 14.7. The molecule has 1 fully saturated rings. The molecule has 0 aliphatic heterocycles. The molecule has 12 heteroatoms. The molecule has 0 spiro atoms. The minimum absolute atomic E-state index is 0.0245. The molecule has 270 valence electrons. The molecule has 2 aliphatic rings. The maximum Gasteiger partial charge on any atom is 0.253 e. The van der Waals surface area contributed by atoms with E-state index in [1.54, 1.807) is 64.3 Å². The van der Waals surface area contributed by atoms with Crippen molar-refractivity contribution in [3.8, 4) is 17.5 Å². The molecular weight excluding hydrogens is 661 g/mol. The molecule has 1 N–H and O–H groups in total. The van der Waals surface area contributed by atoms with E-state index in [2.05, 4.69) is 21.6 Å². The zero-order chi connectivity index (χ0) is 37.3. The lowest BCUT2D eigenvalue weighted by Crippen LogP contribution is -2.47. The van der Waals surface area contributed by atoms with Gasteiger partial charge in [-0.25, -0.2) is 4.39 Å². The number of aryl methyl sites for hydroxylation is 2. The SMILES string of the molecule is CC(C#N)N(C(=O)CN[C@H](C)CC1(c2nnc(-c3ccc(F)cc3)o2)c2ccc(C(=O)N(C)C)cc2CCc2cc(C(=O)N(C)C)ccc21)C1CC1. The van der Waals surface area contributed by atoms with Crippen LogP contribution in [0.3, 0.4) is 0 Å². The number of aromatic nitrogens is 2. The summed E-state index contributed by atoms with van der Waals surface area (Å²) in [4.78, 5) is 44.6. The Morgan fingerprint density at radius 3 is 1.96 bits per heavy atom. The minimum Gasteiger partial charge on any atom is -0.419 e. The van der Waals surface area contributed by atoms with E-state index in [-0.39, 0.29) is 48.1 Å². The number of benzene rings is 3. The summed E-state index contributed by atoms with van der Waals surface area (Å²) in [5, 5.41) is 22.1. The Balaban J connectivity index is 1.51. The third-order valence-electron chi connectivity index (χ3n) is 10.0. The summed E-state index contributed by atoms with van der Waals surface area (Å²) in [6.07, 6.45) is 3.26. The predicted octanol–water partition coefficient (Wildman–Crippen LogP) is 4.98. The van der Waals surface area contributed by atoms with E-state index in [4.69, 9.17) is 4.42 Å². The summed E-state index contributed by atoms with van der Waals surface area (Å²) in [6.45, 7) is 3.75. The highest BCUT2D eigenvalue weighted by Gasteiger charge is 2.47. The van der Waals surface area contributed by atoms with Crippen LogP contribution >= 0.6 is 0 Å². The Kier molecular flexibility index (Phi) is 10.3. The maximum atomic E-state index is 13.9. The van der Waals surface area contributed by atoms with Gasteiger partial charge in [-0.15, -0.1) is 10.2 Å². The summed E-state index contributed by atoms with van der Waals surface area (Å²) in [5.41, 5.74) is 4.07. The van der Waals surface area contributed by atoms with Crippen LogP contribution in [0, 0.1) is 17.1 Å². The Hall–Kier alpha value is -5.41. The van der Waals surface area contributed by atoms with E-state index >= 15 is 0 Å². The normalized spacial score (nSPS) is 15.7. The van der Waals surface area contributed by atoms with E-state index in [0.29, 0.717) is 36.0 Å². The molecule has 11 nitrogen and oxygen atoms in total. The standard InChI is InChI=1S/C40H44FN7O4/c1-24(43-23-35(49)48(25(2)22-42)32-15-16-32)21-40(39-45-44-36(52-39)26-9-13-31(41)14-10-26)33-17-11-29(37(50)46(3)4)19-27(33)7-8-28-20-30(12-18-34(28)40)38(51)47(5)6/h9-14,17-20,24-25,32,43H,7-8,15-16,21,23H2,1-6H3/t24-,25?/m1/s1. The average molecular weight is 706 g/mol. The van der Waals surface area contributed by atoms with Crippen LogP contribution in [-0.2, 0) is 23.1 Å². The predicted molar refractivity (Wildman–Crippen MR) is 193 cm³/mol. The molecule has 1 saturated carbocycles. The van der Waals surface area contributed by atoms with Gasteiger partial charge in [-0.1, -0.05) is 12.1 Å². The van der Waals surface area contributed by atoms with Crippen molar-refractivity contribution in [3.05, 3.63) is 106 Å². The van der Waals surface area contributed by atoms with Gasteiger partial charge in [0.2, 0.25) is 17.7 Å². The smallest absolute Gasteiger partial charge is 0.253 e. The molecule has 1 aromatic heterocycles. The first-order valence-electron chi connectivity index (χ1n) is 17.6. The van der Waals surface area contributed by atoms with Gasteiger partial charge < -0.3 is 24.4 Å². The summed E-state index contributed by atoms with van der Waals surface area (Å²) in [7, 11) is 6.85. The molecule has 0 radical (unpaired) electrons. The topological polar surface area (TPSA) is 136 Å². The van der Waals surface area contributed by atoms with Crippen molar-refractivity contribution >= 4 is 17.7 Å². The number of carbonyl (C=O) groups excluding carboxylic acids is 3. The largest absolute Gasteiger partial charge is 0.419 e. The van der Waals surface area contributed by atoms with Crippen LogP contribution < -0.4 is 5.32 Å². The molecule has 3 aromatic carbocycles. The molecule has 2 aliphatic carbocycles. The number of nitrogens with one attached hydrogen (secondary N) is 1. The fraction of sp³-hybridized carbons (Fsp3) is 0.400. The zero-order valence-corrected chi connectivity index (χ0v) is 30.4. The third kappa shape index (κ3) is 7.05. The van der Waals surface area contributed by atoms with Gasteiger partial charge in [0.15, 0.2) is 0 Å². The number of nitriles is 1. The second-order valence-corrected chi connectivity index (χ2v) is 14.3. The summed E-state index contributed by atoms with van der Waals surface area (Å²) < 4.78 is 20.4. The second-order valence-electron chi connectivity index (χ2n) is 14.3. The molecule has 1 unspecified atom stereocenters. The first-order valence-corrected chi connectivity index (χ1v) is 17.6. The van der Waals surface area contributed by atoms with E-state index in [1.807, 2.05) is 31.2 Å². The first-order chi connectivity index (χ1) is 24.8. The number of nitrogens with zero attached hydrogens (tertiary/aromatic N) is 6. The number of halogens is 1. The van der Waals surface area contributed by atoms with Gasteiger partial charge in [0.25, 0.3) is 11.8 Å². The Morgan fingerprint density at radius 1 is 0.904 bits per heavy atom. The number of hydrogen-bond donors (Lipinski definition) is 1. The highest BCUT2D eigenvalue weighted by molar-refractivity contribution is 5.95. The maximum absolute atomic E-state index is 13.9. The fourth-order valence-electron chi connectivity index (χ4n) is 7.31. The summed E-state index contributed by atoms with van der Waals surface area (Å²) >= 11 is 0. The molecule has 3 amide bonds. The summed E-state index contributed by atoms with van der Waals surface area (Å²) in [5.74, 6) is -0.309. The number of hydrogen-bond acceptors (Lipinski definition) is 8. The van der Waals surface area contributed by atoms with E-state index in [1.165, 1.54) is 21.9 Å². The van der Waals surface area contributed by atoms with Crippen molar-refractivity contribution in [3.63, 3.8) is 0 Å². The van der Waals surface area contributed by atoms with Gasteiger partial charge >= 0.3 is 0 Å². The van der Waals surface area contributed by atoms with Gasteiger partial charge in [-0.05, 0) is 117 Å². The number of fused-ring (bicyclic) bond motifs is 2. The Labute approximate surface area is 303 Å².